The number of rotatable bonds is 10. The summed E-state index contributed by atoms with van der Waals surface area (Å²) in [7, 11) is 1.52. The number of benzene rings is 2. The van der Waals surface area contributed by atoms with Crippen molar-refractivity contribution >= 4 is 38.2 Å². The van der Waals surface area contributed by atoms with Crippen LogP contribution in [0.3, 0.4) is 0 Å². The fraction of sp³-hybridized carbons (Fsp3) is 0.257. The molecule has 7 rings (SSSR count). The second-order valence-electron chi connectivity index (χ2n) is 11.4. The molecule has 0 saturated carbocycles. The Bertz CT molecular complexity index is 2190. The van der Waals surface area contributed by atoms with Crippen LogP contribution in [-0.2, 0) is 22.6 Å². The Labute approximate surface area is 278 Å². The van der Waals surface area contributed by atoms with E-state index in [0.29, 0.717) is 47.0 Å². The first-order valence-electron chi connectivity index (χ1n) is 15.4. The third kappa shape index (κ3) is 5.43. The van der Waals surface area contributed by atoms with E-state index in [4.69, 9.17) is 19.6 Å². The van der Waals surface area contributed by atoms with E-state index in [0.717, 1.165) is 33.6 Å². The van der Waals surface area contributed by atoms with Gasteiger partial charge in [0.15, 0.2) is 0 Å². The van der Waals surface area contributed by atoms with Crippen molar-refractivity contribution in [2.24, 2.45) is 0 Å². The van der Waals surface area contributed by atoms with E-state index < -0.39 is 11.6 Å². The van der Waals surface area contributed by atoms with Crippen LogP contribution in [0.2, 0.25) is 0 Å². The van der Waals surface area contributed by atoms with Gasteiger partial charge >= 0.3 is 0 Å². The molecular formula is C35H32F2N6O4S. The van der Waals surface area contributed by atoms with Crippen LogP contribution in [-0.4, -0.2) is 73.9 Å². The maximum Gasteiger partial charge on any atom is 0.246 e. The number of carbonyl (C=O) groups is 1. The monoisotopic (exact) mass is 670 g/mol. The summed E-state index contributed by atoms with van der Waals surface area (Å²) in [6.07, 6.45) is 3.04. The van der Waals surface area contributed by atoms with Gasteiger partial charge in [0.05, 0.1) is 61.0 Å². The molecule has 0 bridgehead atoms. The number of hydrogen-bond acceptors (Lipinski definition) is 8. The SMILES string of the molecule is C=CC(=O)N1CCn2nc(-c3nc(-c4ccc5cnn(CCO)c5c4)c4ccsc4c3-c3c(F)cc(F)cc3OCCOC)cc2[C@H]1C. The van der Waals surface area contributed by atoms with Gasteiger partial charge in [0, 0.05) is 52.4 Å². The first kappa shape index (κ1) is 31.6. The quantitative estimate of drug-likeness (QED) is 0.136. The summed E-state index contributed by atoms with van der Waals surface area (Å²) in [5.74, 6) is -1.74. The minimum atomic E-state index is -0.803. The van der Waals surface area contributed by atoms with Crippen LogP contribution in [0.15, 0.2) is 66.7 Å². The third-order valence-corrected chi connectivity index (χ3v) is 9.54. The van der Waals surface area contributed by atoms with Gasteiger partial charge in [-0.2, -0.15) is 10.2 Å². The Hall–Kier alpha value is -4.98. The second-order valence-corrected chi connectivity index (χ2v) is 12.3. The minimum Gasteiger partial charge on any atom is -0.490 e. The van der Waals surface area contributed by atoms with Crippen LogP contribution in [0.5, 0.6) is 5.75 Å². The highest BCUT2D eigenvalue weighted by atomic mass is 32.1. The molecule has 13 heteroatoms. The maximum atomic E-state index is 16.1. The highest BCUT2D eigenvalue weighted by molar-refractivity contribution is 7.18. The minimum absolute atomic E-state index is 0.0180. The molecule has 0 radical (unpaired) electrons. The van der Waals surface area contributed by atoms with Crippen LogP contribution in [0, 0.1) is 11.6 Å². The number of aliphatic hydroxyl groups excluding tert-OH is 1. The van der Waals surface area contributed by atoms with E-state index in [1.165, 1.54) is 30.6 Å². The summed E-state index contributed by atoms with van der Waals surface area (Å²) in [6.45, 7) is 7.02. The molecule has 48 heavy (non-hydrogen) atoms. The fourth-order valence-electron chi connectivity index (χ4n) is 6.33. The van der Waals surface area contributed by atoms with Crippen molar-refractivity contribution < 1.29 is 28.2 Å². The van der Waals surface area contributed by atoms with Gasteiger partial charge in [-0.3, -0.25) is 14.2 Å². The summed E-state index contributed by atoms with van der Waals surface area (Å²) >= 11 is 1.41. The number of amides is 1. The number of methoxy groups -OCH3 is 1. The van der Waals surface area contributed by atoms with Gasteiger partial charge in [-0.25, -0.2) is 13.8 Å². The molecule has 246 valence electrons. The molecule has 0 spiro atoms. The summed E-state index contributed by atoms with van der Waals surface area (Å²) in [4.78, 5) is 19.6. The van der Waals surface area contributed by atoms with Crippen molar-refractivity contribution in [3.8, 4) is 39.5 Å². The summed E-state index contributed by atoms with van der Waals surface area (Å²) in [5.41, 5.74) is 4.36. The highest BCUT2D eigenvalue weighted by Gasteiger charge is 2.31. The molecule has 0 unspecified atom stereocenters. The van der Waals surface area contributed by atoms with Gasteiger partial charge in [0.25, 0.3) is 0 Å². The number of fused-ring (bicyclic) bond motifs is 3. The second kappa shape index (κ2) is 12.9. The molecule has 10 nitrogen and oxygen atoms in total. The average Bonchev–Trinajstić information content (AvgIpc) is 3.84. The van der Waals surface area contributed by atoms with Gasteiger partial charge in [-0.1, -0.05) is 18.7 Å². The first-order chi connectivity index (χ1) is 23.3. The number of halogens is 2. The van der Waals surface area contributed by atoms with E-state index in [9.17, 15) is 14.3 Å². The van der Waals surface area contributed by atoms with Gasteiger partial charge < -0.3 is 19.5 Å². The lowest BCUT2D eigenvalue weighted by molar-refractivity contribution is -0.129. The molecule has 1 amide bonds. The number of thiophene rings is 1. The van der Waals surface area contributed by atoms with Crippen molar-refractivity contribution in [1.82, 2.24) is 29.4 Å². The Balaban J connectivity index is 1.50. The Morgan fingerprint density at radius 3 is 2.77 bits per heavy atom. The van der Waals surface area contributed by atoms with E-state index in [-0.39, 0.29) is 43.1 Å². The zero-order chi connectivity index (χ0) is 33.5. The molecule has 1 aliphatic rings. The number of carbonyl (C=O) groups excluding carboxylic acids is 1. The molecule has 1 aliphatic heterocycles. The first-order valence-corrected chi connectivity index (χ1v) is 16.3. The zero-order valence-electron chi connectivity index (χ0n) is 26.3. The third-order valence-electron chi connectivity index (χ3n) is 8.61. The van der Waals surface area contributed by atoms with Crippen molar-refractivity contribution in [3.05, 3.63) is 84.0 Å². The van der Waals surface area contributed by atoms with Gasteiger partial charge in [0.2, 0.25) is 5.91 Å². The van der Waals surface area contributed by atoms with Crippen LogP contribution in [0.25, 0.3) is 54.8 Å². The van der Waals surface area contributed by atoms with Gasteiger partial charge in [-0.15, -0.1) is 11.3 Å². The van der Waals surface area contributed by atoms with Gasteiger partial charge in [0.1, 0.15) is 35.4 Å². The fourth-order valence-corrected chi connectivity index (χ4v) is 7.28. The van der Waals surface area contributed by atoms with E-state index >= 15 is 4.39 Å². The predicted molar refractivity (Wildman–Crippen MR) is 180 cm³/mol. The number of aliphatic hydroxyl groups is 1. The topological polar surface area (TPSA) is 108 Å². The molecule has 6 aromatic rings. The summed E-state index contributed by atoms with van der Waals surface area (Å²) in [6, 6.07) is 11.4. The summed E-state index contributed by atoms with van der Waals surface area (Å²) in [5, 5.41) is 22.5. The zero-order valence-corrected chi connectivity index (χ0v) is 27.1. The van der Waals surface area contributed by atoms with Crippen LogP contribution < -0.4 is 4.74 Å². The van der Waals surface area contributed by atoms with E-state index in [1.807, 2.05) is 47.3 Å². The number of ether oxygens (including phenoxy) is 2. The molecule has 1 N–H and O–H groups in total. The van der Waals surface area contributed by atoms with Crippen LogP contribution in [0.4, 0.5) is 8.78 Å². The lowest BCUT2D eigenvalue weighted by Crippen LogP contribution is -2.40. The Morgan fingerprint density at radius 2 is 1.98 bits per heavy atom. The van der Waals surface area contributed by atoms with Crippen molar-refractivity contribution in [1.29, 1.82) is 0 Å². The molecular weight excluding hydrogens is 638 g/mol. The number of aromatic nitrogens is 5. The van der Waals surface area contributed by atoms with E-state index in [1.54, 1.807) is 15.8 Å². The lowest BCUT2D eigenvalue weighted by Gasteiger charge is -2.33. The Kier molecular flexibility index (Phi) is 8.50. The molecule has 1 atom stereocenters. The molecule has 2 aromatic carbocycles. The van der Waals surface area contributed by atoms with Crippen molar-refractivity contribution in [2.75, 3.05) is 33.5 Å². The molecule has 5 heterocycles. The van der Waals surface area contributed by atoms with Crippen molar-refractivity contribution in [2.45, 2.75) is 26.1 Å². The predicted octanol–water partition coefficient (Wildman–Crippen LogP) is 6.23. The molecule has 0 fully saturated rings. The van der Waals surface area contributed by atoms with Crippen LogP contribution >= 0.6 is 11.3 Å². The Morgan fingerprint density at radius 1 is 1.12 bits per heavy atom. The van der Waals surface area contributed by atoms with E-state index in [2.05, 4.69) is 11.7 Å². The average molecular weight is 671 g/mol. The number of pyridine rings is 1. The van der Waals surface area contributed by atoms with Crippen LogP contribution in [0.1, 0.15) is 18.7 Å². The molecule has 4 aromatic heterocycles. The highest BCUT2D eigenvalue weighted by Crippen LogP contribution is 2.47. The molecule has 0 aliphatic carbocycles. The largest absolute Gasteiger partial charge is 0.490 e. The number of hydrogen-bond donors (Lipinski definition) is 1. The smallest absolute Gasteiger partial charge is 0.246 e. The summed E-state index contributed by atoms with van der Waals surface area (Å²) < 4.78 is 46.1. The molecule has 0 saturated heterocycles. The normalized spacial score (nSPS) is 14.5. The lowest BCUT2D eigenvalue weighted by atomic mass is 9.96. The number of nitrogens with zero attached hydrogens (tertiary/aromatic N) is 6. The maximum absolute atomic E-state index is 16.1. The van der Waals surface area contributed by atoms with Crippen molar-refractivity contribution in [3.63, 3.8) is 0 Å². The standard InChI is InChI=1S/C35H32F2N6O4S/c1-4-30(45)41-8-9-43-27(20(41)2)18-26(40-43)34-32(31-25(37)16-23(36)17-29(31)47-13-12-46-3)35-24(7-14-48-35)33(39-34)21-5-6-22-19-38-42(10-11-44)28(22)15-21/h4-7,14-20,44H,1,8-13H2,2-3H3/t20-/m1/s1. The van der Waals surface area contributed by atoms with Gasteiger partial charge in [-0.05, 0) is 36.6 Å².